The van der Waals surface area contributed by atoms with Crippen LogP contribution in [0.1, 0.15) is 26.2 Å². The molecule has 0 bridgehead atoms. The zero-order chi connectivity index (χ0) is 13.7. The quantitative estimate of drug-likeness (QED) is 0.723. The van der Waals surface area contributed by atoms with Gasteiger partial charge in [-0.15, -0.1) is 0 Å². The van der Waals surface area contributed by atoms with Gasteiger partial charge in [0.05, 0.1) is 0 Å². The molecule has 0 spiro atoms. The second-order valence-electron chi connectivity index (χ2n) is 4.36. The summed E-state index contributed by atoms with van der Waals surface area (Å²) in [6.45, 7) is 3.41. The molecule has 1 atom stereocenters. The van der Waals surface area contributed by atoms with E-state index in [0.29, 0.717) is 24.9 Å². The number of nitrogens with one attached hydrogen (secondary N) is 3. The molecule has 8 heteroatoms. The Bertz CT molecular complexity index is 455. The second kappa shape index (κ2) is 6.51. The van der Waals surface area contributed by atoms with Crippen LogP contribution in [0.15, 0.2) is 0 Å². The number of rotatable bonds is 6. The maximum absolute atomic E-state index is 11.1. The summed E-state index contributed by atoms with van der Waals surface area (Å²) in [5.74, 6) is 0.963. The summed E-state index contributed by atoms with van der Waals surface area (Å²) in [5, 5.41) is 9.13. The summed E-state index contributed by atoms with van der Waals surface area (Å²) in [5.41, 5.74) is 0. The lowest BCUT2D eigenvalue weighted by molar-refractivity contribution is -0.119. The van der Waals surface area contributed by atoms with E-state index in [-0.39, 0.29) is 17.2 Å². The van der Waals surface area contributed by atoms with E-state index in [2.05, 4.69) is 37.8 Å². The van der Waals surface area contributed by atoms with Crippen molar-refractivity contribution in [3.05, 3.63) is 5.28 Å². The van der Waals surface area contributed by atoms with Crippen molar-refractivity contribution in [3.63, 3.8) is 0 Å². The maximum Gasteiger partial charge on any atom is 0.228 e. The van der Waals surface area contributed by atoms with E-state index in [1.54, 1.807) is 0 Å². The molecule has 1 aliphatic rings. The fraction of sp³-hybridized carbons (Fsp3) is 0.636. The molecule has 0 saturated carbocycles. The molecule has 1 unspecified atom stereocenters. The predicted octanol–water partition coefficient (Wildman–Crippen LogP) is 1.04. The number of carbonyl (C=O) groups excluding carboxylic acids is 1. The number of halogens is 1. The standard InChI is InChI=1S/C11H17ClN6O/c1-2-5-13-10-16-9(12)17-11(18-10)14-6-7-3-4-8(19)15-7/h7H,2-6H2,1H3,(H,15,19)(H2,13,14,16,17,18). The highest BCUT2D eigenvalue weighted by Crippen LogP contribution is 2.11. The lowest BCUT2D eigenvalue weighted by Gasteiger charge is -2.12. The third-order valence-corrected chi connectivity index (χ3v) is 2.90. The highest BCUT2D eigenvalue weighted by molar-refractivity contribution is 6.28. The van der Waals surface area contributed by atoms with Gasteiger partial charge in [-0.05, 0) is 24.4 Å². The highest BCUT2D eigenvalue weighted by Gasteiger charge is 2.20. The molecule has 1 saturated heterocycles. The van der Waals surface area contributed by atoms with Crippen LogP contribution < -0.4 is 16.0 Å². The Labute approximate surface area is 116 Å². The summed E-state index contributed by atoms with van der Waals surface area (Å²) in [6, 6.07) is 0.120. The van der Waals surface area contributed by atoms with Crippen LogP contribution >= 0.6 is 11.6 Å². The summed E-state index contributed by atoms with van der Waals surface area (Å²) in [7, 11) is 0. The molecule has 1 aromatic rings. The molecule has 3 N–H and O–H groups in total. The number of hydrogen-bond donors (Lipinski definition) is 3. The monoisotopic (exact) mass is 284 g/mol. The van der Waals surface area contributed by atoms with E-state index >= 15 is 0 Å². The molecule has 0 radical (unpaired) electrons. The van der Waals surface area contributed by atoms with Crippen LogP contribution in [0.2, 0.25) is 5.28 Å². The van der Waals surface area contributed by atoms with Gasteiger partial charge in [-0.25, -0.2) is 0 Å². The molecule has 1 aliphatic heterocycles. The molecule has 1 aromatic heterocycles. The highest BCUT2D eigenvalue weighted by atomic mass is 35.5. The fourth-order valence-corrected chi connectivity index (χ4v) is 1.95. The first kappa shape index (κ1) is 13.8. The van der Waals surface area contributed by atoms with Crippen molar-refractivity contribution in [1.29, 1.82) is 0 Å². The first-order valence-electron chi connectivity index (χ1n) is 6.36. The first-order chi connectivity index (χ1) is 9.17. The Balaban J connectivity index is 1.91. The van der Waals surface area contributed by atoms with Crippen LogP contribution in [0, 0.1) is 0 Å². The minimum atomic E-state index is 0.0887. The Morgan fingerprint density at radius 2 is 2.05 bits per heavy atom. The van der Waals surface area contributed by atoms with Gasteiger partial charge in [0.1, 0.15) is 0 Å². The average Bonchev–Trinajstić information content (AvgIpc) is 2.79. The van der Waals surface area contributed by atoms with E-state index in [9.17, 15) is 4.79 Å². The van der Waals surface area contributed by atoms with Gasteiger partial charge < -0.3 is 16.0 Å². The van der Waals surface area contributed by atoms with Crippen molar-refractivity contribution in [1.82, 2.24) is 20.3 Å². The SMILES string of the molecule is CCCNc1nc(Cl)nc(NCC2CCC(=O)N2)n1. The number of carbonyl (C=O) groups is 1. The maximum atomic E-state index is 11.1. The Morgan fingerprint density at radius 3 is 2.68 bits per heavy atom. The zero-order valence-corrected chi connectivity index (χ0v) is 11.5. The molecular weight excluding hydrogens is 268 g/mol. The van der Waals surface area contributed by atoms with Gasteiger partial charge in [-0.3, -0.25) is 4.79 Å². The van der Waals surface area contributed by atoms with Crippen LogP contribution in [0.5, 0.6) is 0 Å². The topological polar surface area (TPSA) is 91.8 Å². The number of amides is 1. The van der Waals surface area contributed by atoms with Crippen molar-refractivity contribution in [2.24, 2.45) is 0 Å². The summed E-state index contributed by atoms with van der Waals surface area (Å²) >= 11 is 5.84. The van der Waals surface area contributed by atoms with Crippen molar-refractivity contribution in [2.75, 3.05) is 23.7 Å². The summed E-state index contributed by atoms with van der Waals surface area (Å²) in [6.07, 6.45) is 2.37. The second-order valence-corrected chi connectivity index (χ2v) is 4.70. The van der Waals surface area contributed by atoms with Gasteiger partial charge in [0, 0.05) is 25.6 Å². The minimum Gasteiger partial charge on any atom is -0.354 e. The third-order valence-electron chi connectivity index (χ3n) is 2.73. The molecule has 2 rings (SSSR count). The number of nitrogens with zero attached hydrogens (tertiary/aromatic N) is 3. The molecular formula is C11H17ClN6O. The molecule has 0 aromatic carbocycles. The van der Waals surface area contributed by atoms with E-state index in [1.165, 1.54) is 0 Å². The Hall–Kier alpha value is -1.63. The van der Waals surface area contributed by atoms with Crippen molar-refractivity contribution >= 4 is 29.4 Å². The van der Waals surface area contributed by atoms with Crippen molar-refractivity contribution in [3.8, 4) is 0 Å². The summed E-state index contributed by atoms with van der Waals surface area (Å²) < 4.78 is 0. The van der Waals surface area contributed by atoms with Crippen molar-refractivity contribution < 1.29 is 4.79 Å². The number of hydrogen-bond acceptors (Lipinski definition) is 6. The average molecular weight is 285 g/mol. The molecule has 0 aliphatic carbocycles. The van der Waals surface area contributed by atoms with E-state index in [1.807, 2.05) is 0 Å². The number of aromatic nitrogens is 3. The third kappa shape index (κ3) is 4.20. The van der Waals surface area contributed by atoms with Crippen molar-refractivity contribution in [2.45, 2.75) is 32.2 Å². The fourth-order valence-electron chi connectivity index (χ4n) is 1.79. The molecule has 2 heterocycles. The smallest absolute Gasteiger partial charge is 0.228 e. The predicted molar refractivity (Wildman–Crippen MR) is 73.3 cm³/mol. The van der Waals surface area contributed by atoms with E-state index in [4.69, 9.17) is 11.6 Å². The van der Waals surface area contributed by atoms with Gasteiger partial charge in [0.15, 0.2) is 0 Å². The lowest BCUT2D eigenvalue weighted by Crippen LogP contribution is -2.32. The van der Waals surface area contributed by atoms with Gasteiger partial charge in [-0.1, -0.05) is 6.92 Å². The van der Waals surface area contributed by atoms with E-state index < -0.39 is 0 Å². The largest absolute Gasteiger partial charge is 0.354 e. The van der Waals surface area contributed by atoms with Crippen LogP contribution in [0.25, 0.3) is 0 Å². The minimum absolute atomic E-state index is 0.0887. The van der Waals surface area contributed by atoms with Crippen LogP contribution in [-0.4, -0.2) is 40.0 Å². The van der Waals surface area contributed by atoms with Gasteiger partial charge >= 0.3 is 0 Å². The van der Waals surface area contributed by atoms with Crippen LogP contribution in [0.4, 0.5) is 11.9 Å². The van der Waals surface area contributed by atoms with Gasteiger partial charge in [-0.2, -0.15) is 15.0 Å². The zero-order valence-electron chi connectivity index (χ0n) is 10.7. The normalized spacial score (nSPS) is 18.2. The lowest BCUT2D eigenvalue weighted by atomic mass is 10.2. The number of anilines is 2. The molecule has 7 nitrogen and oxygen atoms in total. The van der Waals surface area contributed by atoms with E-state index in [0.717, 1.165) is 19.4 Å². The molecule has 104 valence electrons. The molecule has 1 fully saturated rings. The summed E-state index contributed by atoms with van der Waals surface area (Å²) in [4.78, 5) is 23.3. The molecule has 19 heavy (non-hydrogen) atoms. The van der Waals surface area contributed by atoms with Crippen LogP contribution in [0.3, 0.4) is 0 Å². The Morgan fingerprint density at radius 1 is 1.32 bits per heavy atom. The first-order valence-corrected chi connectivity index (χ1v) is 6.74. The van der Waals surface area contributed by atoms with Gasteiger partial charge in [0.25, 0.3) is 0 Å². The molecule has 1 amide bonds. The van der Waals surface area contributed by atoms with Crippen LogP contribution in [-0.2, 0) is 4.79 Å². The Kier molecular flexibility index (Phi) is 4.73. The van der Waals surface area contributed by atoms with Gasteiger partial charge in [0.2, 0.25) is 23.1 Å².